The van der Waals surface area contributed by atoms with Gasteiger partial charge in [-0.1, -0.05) is 90.4 Å². The van der Waals surface area contributed by atoms with Gasteiger partial charge in [0.25, 0.3) is 11.6 Å². The summed E-state index contributed by atoms with van der Waals surface area (Å²) in [7, 11) is 0. The Kier molecular flexibility index (Phi) is 13.9. The number of nitrogens with one attached hydrogen (secondary N) is 1. The van der Waals surface area contributed by atoms with Gasteiger partial charge in [0.15, 0.2) is 0 Å². The average molecular weight is 390 g/mol. The maximum Gasteiger partial charge on any atom is 0.278 e. The van der Waals surface area contributed by atoms with Crippen LogP contribution in [0.25, 0.3) is 0 Å². The Hall–Kier alpha value is -1.91. The Morgan fingerprint density at radius 1 is 0.929 bits per heavy atom. The minimum atomic E-state index is -0.537. The third-order valence-corrected chi connectivity index (χ3v) is 5.06. The molecular formula is C23H37N2O3. The molecule has 0 aliphatic rings. The normalized spacial score (nSPS) is 10.8. The molecule has 1 N–H and O–H groups in total. The highest BCUT2D eigenvalue weighted by atomic mass is 16.6. The third-order valence-electron chi connectivity index (χ3n) is 5.06. The molecule has 1 aromatic carbocycles. The van der Waals surface area contributed by atoms with Crippen molar-refractivity contribution in [2.75, 3.05) is 6.54 Å². The lowest BCUT2D eigenvalue weighted by molar-refractivity contribution is -0.385. The molecule has 0 atom stereocenters. The number of rotatable bonds is 17. The third kappa shape index (κ3) is 11.7. The molecule has 0 aromatic heterocycles. The Balaban J connectivity index is 1.92. The van der Waals surface area contributed by atoms with Crippen molar-refractivity contribution in [1.82, 2.24) is 5.32 Å². The van der Waals surface area contributed by atoms with Crippen molar-refractivity contribution in [2.24, 2.45) is 0 Å². The number of unbranched alkanes of at least 4 members (excludes halogenated alkanes) is 13. The summed E-state index contributed by atoms with van der Waals surface area (Å²) < 4.78 is 0. The van der Waals surface area contributed by atoms with E-state index in [0.29, 0.717) is 12.1 Å². The van der Waals surface area contributed by atoms with Gasteiger partial charge in [0, 0.05) is 18.2 Å². The van der Waals surface area contributed by atoms with Crippen LogP contribution < -0.4 is 5.32 Å². The number of hydrogen-bond donors (Lipinski definition) is 1. The maximum absolute atomic E-state index is 12.0. The van der Waals surface area contributed by atoms with E-state index < -0.39 is 4.92 Å². The van der Waals surface area contributed by atoms with E-state index in [1.807, 2.05) is 0 Å². The van der Waals surface area contributed by atoms with E-state index in [1.165, 1.54) is 89.2 Å². The van der Waals surface area contributed by atoms with E-state index in [4.69, 9.17) is 0 Å². The number of carbonyl (C=O) groups is 1. The number of amides is 1. The van der Waals surface area contributed by atoms with Crippen molar-refractivity contribution in [2.45, 2.75) is 96.8 Å². The zero-order valence-electron chi connectivity index (χ0n) is 17.5. The van der Waals surface area contributed by atoms with Crippen LogP contribution in [0.1, 0.15) is 107 Å². The van der Waals surface area contributed by atoms with Crippen LogP contribution in [0.5, 0.6) is 0 Å². The van der Waals surface area contributed by atoms with Gasteiger partial charge in [0.05, 0.1) is 11.0 Å². The summed E-state index contributed by atoms with van der Waals surface area (Å²) >= 11 is 0. The summed E-state index contributed by atoms with van der Waals surface area (Å²) in [6.07, 6.45) is 18.3. The SMILES string of the molecule is CCCCCCCCCCCCCCCCNC(=O)c1cc[c]c([N+](=O)[O-])c1. The van der Waals surface area contributed by atoms with E-state index in [9.17, 15) is 14.9 Å². The number of hydrogen-bond acceptors (Lipinski definition) is 3. The summed E-state index contributed by atoms with van der Waals surface area (Å²) in [5, 5.41) is 13.6. The first kappa shape index (κ1) is 24.1. The highest BCUT2D eigenvalue weighted by Crippen LogP contribution is 2.14. The van der Waals surface area contributed by atoms with E-state index in [1.54, 1.807) is 6.07 Å². The topological polar surface area (TPSA) is 72.2 Å². The number of nitrogens with zero attached hydrogens (tertiary/aromatic N) is 1. The van der Waals surface area contributed by atoms with E-state index in [2.05, 4.69) is 18.3 Å². The monoisotopic (exact) mass is 389 g/mol. The van der Waals surface area contributed by atoms with Crippen molar-refractivity contribution < 1.29 is 9.72 Å². The fourth-order valence-corrected chi connectivity index (χ4v) is 3.32. The van der Waals surface area contributed by atoms with Crippen molar-refractivity contribution >= 4 is 11.6 Å². The van der Waals surface area contributed by atoms with Crippen LogP contribution in [-0.4, -0.2) is 17.4 Å². The van der Waals surface area contributed by atoms with E-state index in [-0.39, 0.29) is 11.6 Å². The van der Waals surface area contributed by atoms with Gasteiger partial charge < -0.3 is 5.32 Å². The van der Waals surface area contributed by atoms with E-state index >= 15 is 0 Å². The van der Waals surface area contributed by atoms with Gasteiger partial charge in [-0.2, -0.15) is 0 Å². The molecule has 0 aliphatic carbocycles. The number of nitro benzene ring substituents is 1. The minimum absolute atomic E-state index is 0.177. The molecule has 0 unspecified atom stereocenters. The van der Waals surface area contributed by atoms with Crippen LogP contribution in [0.4, 0.5) is 5.69 Å². The quantitative estimate of drug-likeness (QED) is 0.185. The molecule has 0 fully saturated rings. The van der Waals surface area contributed by atoms with Crippen LogP contribution in [0, 0.1) is 16.2 Å². The van der Waals surface area contributed by atoms with Gasteiger partial charge in [-0.3, -0.25) is 14.9 Å². The zero-order chi connectivity index (χ0) is 20.5. The van der Waals surface area contributed by atoms with Crippen LogP contribution >= 0.6 is 0 Å². The van der Waals surface area contributed by atoms with Crippen molar-refractivity contribution in [1.29, 1.82) is 0 Å². The second-order valence-corrected chi connectivity index (χ2v) is 7.57. The summed E-state index contributed by atoms with van der Waals surface area (Å²) in [4.78, 5) is 22.2. The molecule has 0 heterocycles. The Bertz CT molecular complexity index is 561. The second-order valence-electron chi connectivity index (χ2n) is 7.57. The fraction of sp³-hybridized carbons (Fsp3) is 0.696. The molecule has 157 valence electrons. The van der Waals surface area contributed by atoms with Crippen LogP contribution in [0.15, 0.2) is 18.2 Å². The number of non-ortho nitro benzene ring substituents is 1. The zero-order valence-corrected chi connectivity index (χ0v) is 17.5. The Labute approximate surface area is 170 Å². The highest BCUT2D eigenvalue weighted by molar-refractivity contribution is 5.94. The summed E-state index contributed by atoms with van der Waals surface area (Å²) in [5.74, 6) is -0.258. The van der Waals surface area contributed by atoms with Gasteiger partial charge in [0.1, 0.15) is 0 Å². The van der Waals surface area contributed by atoms with Crippen LogP contribution in [-0.2, 0) is 0 Å². The predicted molar refractivity (Wildman–Crippen MR) is 115 cm³/mol. The van der Waals surface area contributed by atoms with Crippen molar-refractivity contribution in [3.8, 4) is 0 Å². The number of benzene rings is 1. The molecule has 5 nitrogen and oxygen atoms in total. The standard InChI is InChI=1S/C23H37N2O3/c1-2-3-4-5-6-7-8-9-10-11-12-13-14-15-19-24-23(26)21-17-16-18-22(20-21)25(27)28/h16-17,20H,2-15,19H2,1H3,(H,24,26). The predicted octanol–water partition coefficient (Wildman–Crippen LogP) is 6.61. The average Bonchev–Trinajstić information content (AvgIpc) is 2.70. The molecule has 1 rings (SSSR count). The summed E-state index contributed by atoms with van der Waals surface area (Å²) in [6, 6.07) is 6.74. The highest BCUT2D eigenvalue weighted by Gasteiger charge is 2.11. The Morgan fingerprint density at radius 3 is 1.93 bits per heavy atom. The van der Waals surface area contributed by atoms with Crippen molar-refractivity contribution in [3.63, 3.8) is 0 Å². The molecule has 0 saturated carbocycles. The second kappa shape index (κ2) is 16.1. The molecule has 0 spiro atoms. The van der Waals surface area contributed by atoms with Gasteiger partial charge in [0.2, 0.25) is 0 Å². The smallest absolute Gasteiger partial charge is 0.278 e. The lowest BCUT2D eigenvalue weighted by Crippen LogP contribution is -2.24. The maximum atomic E-state index is 12.0. The lowest BCUT2D eigenvalue weighted by Gasteiger charge is -2.05. The molecule has 0 saturated heterocycles. The lowest BCUT2D eigenvalue weighted by atomic mass is 10.0. The van der Waals surface area contributed by atoms with Crippen molar-refractivity contribution in [3.05, 3.63) is 39.9 Å². The molecule has 1 radical (unpaired) electrons. The first-order valence-electron chi connectivity index (χ1n) is 11.1. The van der Waals surface area contributed by atoms with E-state index in [0.717, 1.165) is 12.8 Å². The molecule has 1 aromatic rings. The summed E-state index contributed by atoms with van der Waals surface area (Å²) in [6.45, 7) is 2.87. The first-order valence-corrected chi connectivity index (χ1v) is 11.1. The molecule has 0 bridgehead atoms. The Morgan fingerprint density at radius 2 is 1.43 bits per heavy atom. The minimum Gasteiger partial charge on any atom is -0.352 e. The van der Waals surface area contributed by atoms with Gasteiger partial charge >= 0.3 is 0 Å². The molecule has 28 heavy (non-hydrogen) atoms. The molecule has 0 aliphatic heterocycles. The fourth-order valence-electron chi connectivity index (χ4n) is 3.32. The van der Waals surface area contributed by atoms with Gasteiger partial charge in [-0.05, 0) is 18.6 Å². The summed E-state index contributed by atoms with van der Waals surface area (Å²) in [5.41, 5.74) is 0.139. The van der Waals surface area contributed by atoms with Crippen LogP contribution in [0.2, 0.25) is 0 Å². The molecule has 5 heteroatoms. The van der Waals surface area contributed by atoms with Gasteiger partial charge in [-0.15, -0.1) is 0 Å². The molecular weight excluding hydrogens is 352 g/mol. The number of nitro groups is 1. The largest absolute Gasteiger partial charge is 0.352 e. The van der Waals surface area contributed by atoms with Crippen LogP contribution in [0.3, 0.4) is 0 Å². The number of carbonyl (C=O) groups excluding carboxylic acids is 1. The first-order chi connectivity index (χ1) is 13.6. The molecule has 1 amide bonds. The van der Waals surface area contributed by atoms with Gasteiger partial charge in [-0.25, -0.2) is 0 Å².